The molecule has 5 nitrogen and oxygen atoms in total. The molecule has 0 saturated heterocycles. The van der Waals surface area contributed by atoms with Crippen LogP contribution in [0, 0.1) is 0 Å². The van der Waals surface area contributed by atoms with Crippen molar-refractivity contribution in [3.05, 3.63) is 94.2 Å². The molecule has 0 saturated carbocycles. The molecule has 26 heavy (non-hydrogen) atoms. The van der Waals surface area contributed by atoms with Gasteiger partial charge in [0.15, 0.2) is 0 Å². The summed E-state index contributed by atoms with van der Waals surface area (Å²) in [4.78, 5) is 15.9. The van der Waals surface area contributed by atoms with E-state index in [1.165, 1.54) is 0 Å². The van der Waals surface area contributed by atoms with Crippen molar-refractivity contribution < 1.29 is 9.53 Å². The van der Waals surface area contributed by atoms with Gasteiger partial charge in [-0.25, -0.2) is 5.43 Å². The maximum Gasteiger partial charge on any atom is 0.271 e. The first kappa shape index (κ1) is 17.8. The van der Waals surface area contributed by atoms with Crippen LogP contribution in [-0.4, -0.2) is 17.1 Å². The first-order chi connectivity index (χ1) is 12.7. The molecule has 0 unspecified atom stereocenters. The van der Waals surface area contributed by atoms with Crippen LogP contribution in [0.3, 0.4) is 0 Å². The van der Waals surface area contributed by atoms with Crippen molar-refractivity contribution >= 4 is 28.1 Å². The van der Waals surface area contributed by atoms with E-state index < -0.39 is 0 Å². The van der Waals surface area contributed by atoms with Crippen LogP contribution in [0.1, 0.15) is 21.5 Å². The summed E-state index contributed by atoms with van der Waals surface area (Å²) >= 11 is 3.45. The van der Waals surface area contributed by atoms with Gasteiger partial charge in [-0.1, -0.05) is 40.2 Å². The molecule has 0 bridgehead atoms. The fourth-order valence-electron chi connectivity index (χ4n) is 2.23. The fourth-order valence-corrected chi connectivity index (χ4v) is 2.68. The topological polar surface area (TPSA) is 63.6 Å². The second kappa shape index (κ2) is 8.92. The minimum atomic E-state index is -0.295. The van der Waals surface area contributed by atoms with Gasteiger partial charge in [-0.2, -0.15) is 5.10 Å². The maximum absolute atomic E-state index is 12.0. The van der Waals surface area contributed by atoms with Crippen LogP contribution in [-0.2, 0) is 6.61 Å². The first-order valence-electron chi connectivity index (χ1n) is 7.92. The standard InChI is InChI=1S/C20H16BrN3O2/c21-18-6-3-4-15(12-18)14-26-19-7-2-1-5-17(19)13-23-24-20(25)16-8-10-22-11-9-16/h1-13H,14H2,(H,24,25)/b23-13+. The Morgan fingerprint density at radius 3 is 2.73 bits per heavy atom. The highest BCUT2D eigenvalue weighted by atomic mass is 79.9. The number of nitrogens with one attached hydrogen (secondary N) is 1. The summed E-state index contributed by atoms with van der Waals surface area (Å²) < 4.78 is 6.89. The number of nitrogens with zero attached hydrogens (tertiary/aromatic N) is 2. The number of hydrogen-bond donors (Lipinski definition) is 1. The number of pyridine rings is 1. The van der Waals surface area contributed by atoms with Gasteiger partial charge in [-0.3, -0.25) is 9.78 Å². The van der Waals surface area contributed by atoms with Crippen molar-refractivity contribution in [3.63, 3.8) is 0 Å². The van der Waals surface area contributed by atoms with Crippen molar-refractivity contribution in [2.75, 3.05) is 0 Å². The molecule has 0 atom stereocenters. The summed E-state index contributed by atoms with van der Waals surface area (Å²) in [5.41, 5.74) is 4.82. The first-order valence-corrected chi connectivity index (χ1v) is 8.71. The summed E-state index contributed by atoms with van der Waals surface area (Å²) in [5.74, 6) is 0.394. The fraction of sp³-hybridized carbons (Fsp3) is 0.0500. The lowest BCUT2D eigenvalue weighted by Gasteiger charge is -2.09. The Morgan fingerprint density at radius 2 is 1.92 bits per heavy atom. The van der Waals surface area contributed by atoms with Crippen LogP contribution >= 0.6 is 15.9 Å². The van der Waals surface area contributed by atoms with Crippen molar-refractivity contribution in [3.8, 4) is 5.75 Å². The van der Waals surface area contributed by atoms with Gasteiger partial charge < -0.3 is 4.74 Å². The highest BCUT2D eigenvalue weighted by Crippen LogP contribution is 2.19. The third-order valence-corrected chi connectivity index (χ3v) is 4.01. The molecule has 1 amide bonds. The second-order valence-corrected chi connectivity index (χ2v) is 6.31. The van der Waals surface area contributed by atoms with Crippen LogP contribution < -0.4 is 10.2 Å². The van der Waals surface area contributed by atoms with E-state index in [1.807, 2.05) is 48.5 Å². The number of hydrazone groups is 1. The summed E-state index contributed by atoms with van der Waals surface area (Å²) in [6.45, 7) is 0.438. The van der Waals surface area contributed by atoms with E-state index in [0.29, 0.717) is 17.9 Å². The van der Waals surface area contributed by atoms with Crippen molar-refractivity contribution in [1.82, 2.24) is 10.4 Å². The molecule has 3 aromatic rings. The number of hydrogen-bond acceptors (Lipinski definition) is 4. The van der Waals surface area contributed by atoms with E-state index in [0.717, 1.165) is 15.6 Å². The van der Waals surface area contributed by atoms with Gasteiger partial charge in [0.25, 0.3) is 5.91 Å². The van der Waals surface area contributed by atoms with Crippen molar-refractivity contribution in [2.45, 2.75) is 6.61 Å². The predicted molar refractivity (Wildman–Crippen MR) is 104 cm³/mol. The van der Waals surface area contributed by atoms with Crippen LogP contribution in [0.2, 0.25) is 0 Å². The number of rotatable bonds is 6. The molecular formula is C20H16BrN3O2. The highest BCUT2D eigenvalue weighted by Gasteiger charge is 2.04. The minimum Gasteiger partial charge on any atom is -0.488 e. The van der Waals surface area contributed by atoms with Gasteiger partial charge in [0, 0.05) is 28.0 Å². The molecule has 0 aliphatic carbocycles. The van der Waals surface area contributed by atoms with E-state index in [-0.39, 0.29) is 5.91 Å². The number of carbonyl (C=O) groups is 1. The lowest BCUT2D eigenvalue weighted by molar-refractivity contribution is 0.0955. The predicted octanol–water partition coefficient (Wildman–Crippen LogP) is 4.19. The molecule has 130 valence electrons. The molecule has 0 fully saturated rings. The number of para-hydroxylation sites is 1. The molecule has 0 aliphatic heterocycles. The maximum atomic E-state index is 12.0. The molecule has 0 radical (unpaired) electrons. The average molecular weight is 410 g/mol. The van der Waals surface area contributed by atoms with E-state index in [4.69, 9.17) is 4.74 Å². The zero-order valence-corrected chi connectivity index (χ0v) is 15.4. The summed E-state index contributed by atoms with van der Waals surface area (Å²) in [5, 5.41) is 4.02. The Kier molecular flexibility index (Phi) is 6.11. The molecule has 0 spiro atoms. The Labute approximate surface area is 159 Å². The van der Waals surface area contributed by atoms with E-state index in [2.05, 4.69) is 31.4 Å². The third-order valence-electron chi connectivity index (χ3n) is 3.51. The van der Waals surface area contributed by atoms with Gasteiger partial charge in [0.1, 0.15) is 12.4 Å². The monoisotopic (exact) mass is 409 g/mol. The molecular weight excluding hydrogens is 394 g/mol. The van der Waals surface area contributed by atoms with Gasteiger partial charge in [-0.15, -0.1) is 0 Å². The normalized spacial score (nSPS) is 10.7. The van der Waals surface area contributed by atoms with Gasteiger partial charge in [0.05, 0.1) is 6.21 Å². The van der Waals surface area contributed by atoms with Crippen molar-refractivity contribution in [2.24, 2.45) is 5.10 Å². The Morgan fingerprint density at radius 1 is 1.12 bits per heavy atom. The van der Waals surface area contributed by atoms with Gasteiger partial charge >= 0.3 is 0 Å². The number of ether oxygens (including phenoxy) is 1. The second-order valence-electron chi connectivity index (χ2n) is 5.39. The Balaban J connectivity index is 1.64. The van der Waals surface area contributed by atoms with Gasteiger partial charge in [-0.05, 0) is 42.0 Å². The van der Waals surface area contributed by atoms with Crippen LogP contribution in [0.5, 0.6) is 5.75 Å². The number of amides is 1. The SMILES string of the molecule is O=C(N/N=C/c1ccccc1OCc1cccc(Br)c1)c1ccncc1. The average Bonchev–Trinajstić information content (AvgIpc) is 2.68. The molecule has 0 aliphatic rings. The van der Waals surface area contributed by atoms with Crippen LogP contribution in [0.15, 0.2) is 82.6 Å². The Bertz CT molecular complexity index is 914. The third kappa shape index (κ3) is 5.00. The quantitative estimate of drug-likeness (QED) is 0.490. The van der Waals surface area contributed by atoms with Crippen molar-refractivity contribution in [1.29, 1.82) is 0 Å². The number of halogens is 1. The molecule has 6 heteroatoms. The van der Waals surface area contributed by atoms with E-state index in [1.54, 1.807) is 30.7 Å². The zero-order chi connectivity index (χ0) is 18.2. The summed E-state index contributed by atoms with van der Waals surface area (Å²) in [6.07, 6.45) is 4.68. The number of benzene rings is 2. The molecule has 3 rings (SSSR count). The number of aromatic nitrogens is 1. The molecule has 1 N–H and O–H groups in total. The largest absolute Gasteiger partial charge is 0.488 e. The lowest BCUT2D eigenvalue weighted by Crippen LogP contribution is -2.17. The van der Waals surface area contributed by atoms with E-state index in [9.17, 15) is 4.79 Å². The van der Waals surface area contributed by atoms with E-state index >= 15 is 0 Å². The molecule has 1 heterocycles. The Hall–Kier alpha value is -2.99. The molecule has 2 aromatic carbocycles. The smallest absolute Gasteiger partial charge is 0.271 e. The number of carbonyl (C=O) groups excluding carboxylic acids is 1. The molecule has 1 aromatic heterocycles. The van der Waals surface area contributed by atoms with Gasteiger partial charge in [0.2, 0.25) is 0 Å². The van der Waals surface area contributed by atoms with Crippen LogP contribution in [0.4, 0.5) is 0 Å². The minimum absolute atomic E-state index is 0.295. The highest BCUT2D eigenvalue weighted by molar-refractivity contribution is 9.10. The lowest BCUT2D eigenvalue weighted by atomic mass is 10.2. The zero-order valence-electron chi connectivity index (χ0n) is 13.8. The summed E-state index contributed by atoms with van der Waals surface area (Å²) in [6, 6.07) is 18.7. The summed E-state index contributed by atoms with van der Waals surface area (Å²) in [7, 11) is 0. The van der Waals surface area contributed by atoms with Crippen LogP contribution in [0.25, 0.3) is 0 Å².